The van der Waals surface area contributed by atoms with Gasteiger partial charge in [-0.25, -0.2) is 0 Å². The summed E-state index contributed by atoms with van der Waals surface area (Å²) in [6.07, 6.45) is 3.58. The fourth-order valence-electron chi connectivity index (χ4n) is 1.04. The number of halogens is 1. The Labute approximate surface area is 92.9 Å². The molecule has 0 bridgehead atoms. The van der Waals surface area contributed by atoms with Crippen molar-refractivity contribution in [2.24, 2.45) is 0 Å². The van der Waals surface area contributed by atoms with E-state index in [2.05, 4.69) is 26.6 Å². The maximum Gasteiger partial charge on any atom is 0.230 e. The van der Waals surface area contributed by atoms with Gasteiger partial charge in [0.15, 0.2) is 0 Å². The highest BCUT2D eigenvalue weighted by molar-refractivity contribution is 9.09. The lowest BCUT2D eigenvalue weighted by molar-refractivity contribution is -0.118. The largest absolute Gasteiger partial charge is 0.355 e. The van der Waals surface area contributed by atoms with E-state index in [-0.39, 0.29) is 11.9 Å². The molecular weight excluding hydrogens is 248 g/mol. The molecule has 0 aromatic rings. The zero-order valence-electron chi connectivity index (χ0n) is 8.38. The number of unbranched alkanes of at least 4 members (excludes halogenated alkanes) is 1. The number of hydrogen-bond acceptors (Lipinski definition) is 3. The average molecular weight is 265 g/mol. The zero-order valence-corrected chi connectivity index (χ0v) is 9.97. The molecule has 0 aliphatic heterocycles. The second-order valence-corrected chi connectivity index (χ2v) is 3.57. The van der Waals surface area contributed by atoms with Gasteiger partial charge in [-0.05, 0) is 26.3 Å². The Bertz CT molecular complexity index is 176. The van der Waals surface area contributed by atoms with Crippen molar-refractivity contribution in [3.63, 3.8) is 0 Å². The number of nitrogens with one attached hydrogen (secondary N) is 2. The Balaban J connectivity index is 3.28. The Morgan fingerprint density at radius 1 is 1.50 bits per heavy atom. The van der Waals surface area contributed by atoms with Gasteiger partial charge >= 0.3 is 0 Å². The molecular formula is C9H17BrN2O2. The standard InChI is InChI=1S/C9H17BrN2O2/c1-11-8(7-13)4-2-3-5-12-9(14)6-10/h7-8,11H,2-6H2,1H3,(H,12,14). The normalized spacial score (nSPS) is 12.1. The van der Waals surface area contributed by atoms with E-state index in [9.17, 15) is 9.59 Å². The lowest BCUT2D eigenvalue weighted by Crippen LogP contribution is -2.28. The lowest BCUT2D eigenvalue weighted by atomic mass is 10.1. The first-order valence-corrected chi connectivity index (χ1v) is 5.82. The number of rotatable bonds is 8. The Hall–Kier alpha value is -0.420. The van der Waals surface area contributed by atoms with E-state index in [1.54, 1.807) is 7.05 Å². The molecule has 2 N–H and O–H groups in total. The SMILES string of the molecule is CNC(C=O)CCCCNC(=O)CBr. The third-order valence-electron chi connectivity index (χ3n) is 1.92. The van der Waals surface area contributed by atoms with Gasteiger partial charge in [-0.1, -0.05) is 15.9 Å². The van der Waals surface area contributed by atoms with Gasteiger partial charge in [0.2, 0.25) is 5.91 Å². The van der Waals surface area contributed by atoms with Crippen molar-refractivity contribution in [2.75, 3.05) is 18.9 Å². The number of amides is 1. The molecule has 0 fully saturated rings. The van der Waals surface area contributed by atoms with Gasteiger partial charge in [-0.15, -0.1) is 0 Å². The van der Waals surface area contributed by atoms with E-state index in [1.165, 1.54) is 0 Å². The Morgan fingerprint density at radius 2 is 2.21 bits per heavy atom. The van der Waals surface area contributed by atoms with Gasteiger partial charge in [0.1, 0.15) is 6.29 Å². The highest BCUT2D eigenvalue weighted by atomic mass is 79.9. The molecule has 4 nitrogen and oxygen atoms in total. The molecule has 1 amide bonds. The minimum atomic E-state index is -0.0538. The van der Waals surface area contributed by atoms with E-state index in [4.69, 9.17) is 0 Å². The molecule has 1 unspecified atom stereocenters. The summed E-state index contributed by atoms with van der Waals surface area (Å²) in [5.74, 6) is 0.00514. The van der Waals surface area contributed by atoms with E-state index < -0.39 is 0 Å². The summed E-state index contributed by atoms with van der Waals surface area (Å²) in [4.78, 5) is 21.2. The average Bonchev–Trinajstić information content (AvgIpc) is 2.23. The van der Waals surface area contributed by atoms with Crippen LogP contribution in [-0.2, 0) is 9.59 Å². The molecule has 14 heavy (non-hydrogen) atoms. The molecule has 0 heterocycles. The van der Waals surface area contributed by atoms with Crippen LogP contribution < -0.4 is 10.6 Å². The molecule has 0 aromatic carbocycles. The highest BCUT2D eigenvalue weighted by Gasteiger charge is 2.02. The minimum absolute atomic E-state index is 0.00514. The van der Waals surface area contributed by atoms with Crippen LogP contribution >= 0.6 is 15.9 Å². The van der Waals surface area contributed by atoms with Crippen molar-refractivity contribution in [1.82, 2.24) is 10.6 Å². The monoisotopic (exact) mass is 264 g/mol. The number of alkyl halides is 1. The predicted molar refractivity (Wildman–Crippen MR) is 59.6 cm³/mol. The summed E-state index contributed by atoms with van der Waals surface area (Å²) in [6.45, 7) is 0.680. The summed E-state index contributed by atoms with van der Waals surface area (Å²) < 4.78 is 0. The molecule has 82 valence electrons. The topological polar surface area (TPSA) is 58.2 Å². The van der Waals surface area contributed by atoms with Gasteiger partial charge in [0.25, 0.3) is 0 Å². The smallest absolute Gasteiger partial charge is 0.230 e. The van der Waals surface area contributed by atoms with Crippen LogP contribution in [0.3, 0.4) is 0 Å². The summed E-state index contributed by atoms with van der Waals surface area (Å²) in [6, 6.07) is -0.0538. The summed E-state index contributed by atoms with van der Waals surface area (Å²) >= 11 is 3.06. The number of carbonyl (C=O) groups excluding carboxylic acids is 2. The molecule has 1 atom stereocenters. The quantitative estimate of drug-likeness (QED) is 0.381. The molecule has 0 aromatic heterocycles. The van der Waals surface area contributed by atoms with E-state index in [1.807, 2.05) is 0 Å². The van der Waals surface area contributed by atoms with Crippen LogP contribution in [0, 0.1) is 0 Å². The Kier molecular flexibility index (Phi) is 8.87. The second-order valence-electron chi connectivity index (χ2n) is 3.01. The van der Waals surface area contributed by atoms with E-state index in [0.29, 0.717) is 11.9 Å². The molecule has 0 saturated carbocycles. The van der Waals surface area contributed by atoms with Gasteiger partial charge < -0.3 is 15.4 Å². The first-order chi connectivity index (χ1) is 6.74. The van der Waals surface area contributed by atoms with Crippen molar-refractivity contribution in [3.8, 4) is 0 Å². The van der Waals surface area contributed by atoms with Crippen molar-refractivity contribution in [3.05, 3.63) is 0 Å². The van der Waals surface area contributed by atoms with Crippen LogP contribution in [-0.4, -0.2) is 37.2 Å². The molecule has 0 aliphatic rings. The zero-order chi connectivity index (χ0) is 10.8. The first-order valence-electron chi connectivity index (χ1n) is 4.69. The fourth-order valence-corrected chi connectivity index (χ4v) is 1.24. The van der Waals surface area contributed by atoms with Crippen molar-refractivity contribution in [2.45, 2.75) is 25.3 Å². The number of hydrogen-bond donors (Lipinski definition) is 2. The van der Waals surface area contributed by atoms with E-state index in [0.717, 1.165) is 25.5 Å². The van der Waals surface area contributed by atoms with Crippen LogP contribution in [0.15, 0.2) is 0 Å². The summed E-state index contributed by atoms with van der Waals surface area (Å²) in [7, 11) is 1.77. The molecule has 0 spiro atoms. The van der Waals surface area contributed by atoms with Gasteiger partial charge in [0, 0.05) is 6.54 Å². The third kappa shape index (κ3) is 7.03. The lowest BCUT2D eigenvalue weighted by Gasteiger charge is -2.08. The van der Waals surface area contributed by atoms with E-state index >= 15 is 0 Å². The van der Waals surface area contributed by atoms with Gasteiger partial charge in [-0.3, -0.25) is 4.79 Å². The number of aldehydes is 1. The molecule has 0 rings (SSSR count). The molecule has 0 aliphatic carbocycles. The summed E-state index contributed by atoms with van der Waals surface area (Å²) in [5.41, 5.74) is 0. The third-order valence-corrected chi connectivity index (χ3v) is 2.43. The van der Waals surface area contributed by atoms with Crippen LogP contribution in [0.4, 0.5) is 0 Å². The first kappa shape index (κ1) is 13.6. The molecule has 0 saturated heterocycles. The van der Waals surface area contributed by atoms with Crippen molar-refractivity contribution >= 4 is 28.1 Å². The Morgan fingerprint density at radius 3 is 2.71 bits per heavy atom. The van der Waals surface area contributed by atoms with Crippen LogP contribution in [0.2, 0.25) is 0 Å². The van der Waals surface area contributed by atoms with Crippen LogP contribution in [0.5, 0.6) is 0 Å². The predicted octanol–water partition coefficient (Wildman–Crippen LogP) is 0.455. The fraction of sp³-hybridized carbons (Fsp3) is 0.778. The maximum atomic E-state index is 10.8. The molecule has 0 radical (unpaired) electrons. The molecule has 5 heteroatoms. The highest BCUT2D eigenvalue weighted by Crippen LogP contribution is 1.97. The second kappa shape index (κ2) is 9.15. The number of likely N-dealkylation sites (N-methyl/N-ethyl adjacent to an activating group) is 1. The van der Waals surface area contributed by atoms with Crippen molar-refractivity contribution in [1.29, 1.82) is 0 Å². The number of carbonyl (C=O) groups is 2. The van der Waals surface area contributed by atoms with Gasteiger partial charge in [-0.2, -0.15) is 0 Å². The van der Waals surface area contributed by atoms with Crippen LogP contribution in [0.1, 0.15) is 19.3 Å². The van der Waals surface area contributed by atoms with Crippen molar-refractivity contribution < 1.29 is 9.59 Å². The van der Waals surface area contributed by atoms with Crippen LogP contribution in [0.25, 0.3) is 0 Å². The minimum Gasteiger partial charge on any atom is -0.355 e. The maximum absolute atomic E-state index is 10.8. The summed E-state index contributed by atoms with van der Waals surface area (Å²) in [5, 5.41) is 5.99. The van der Waals surface area contributed by atoms with Gasteiger partial charge in [0.05, 0.1) is 11.4 Å².